The molecule has 0 bridgehead atoms. The number of aliphatic hydroxyl groups is 1. The van der Waals surface area contributed by atoms with Crippen LogP contribution in [-0.2, 0) is 17.5 Å². The predicted molar refractivity (Wildman–Crippen MR) is 158 cm³/mol. The Morgan fingerprint density at radius 1 is 0.930 bits per heavy atom. The van der Waals surface area contributed by atoms with Gasteiger partial charge in [-0.2, -0.15) is 13.2 Å². The zero-order valence-corrected chi connectivity index (χ0v) is 25.4. The quantitative estimate of drug-likeness (QED) is 0.269. The Morgan fingerprint density at radius 3 is 2.05 bits per heavy atom. The van der Waals surface area contributed by atoms with Crippen molar-refractivity contribution in [2.45, 2.75) is 64.4 Å². The maximum absolute atomic E-state index is 13.3. The first-order valence-electron chi connectivity index (χ1n) is 14.1. The fourth-order valence-corrected chi connectivity index (χ4v) is 5.24. The highest BCUT2D eigenvalue weighted by atomic mass is 19.4. The van der Waals surface area contributed by atoms with Crippen molar-refractivity contribution in [3.8, 4) is 28.5 Å². The van der Waals surface area contributed by atoms with Crippen LogP contribution < -0.4 is 19.1 Å². The fraction of sp³-hybridized carbons (Fsp3) is 0.469. The van der Waals surface area contributed by atoms with Crippen LogP contribution in [0.5, 0.6) is 17.2 Å². The van der Waals surface area contributed by atoms with Crippen molar-refractivity contribution < 1.29 is 37.2 Å². The number of likely N-dealkylation sites (tertiary alicyclic amines) is 1. The molecular weight excluding hydrogens is 563 g/mol. The molecule has 1 saturated heterocycles. The van der Waals surface area contributed by atoms with Gasteiger partial charge in [-0.3, -0.25) is 9.88 Å². The van der Waals surface area contributed by atoms with Crippen LogP contribution in [0.2, 0.25) is 0 Å². The number of ether oxygens (including phenoxy) is 4. The molecule has 1 N–H and O–H groups in total. The van der Waals surface area contributed by atoms with Gasteiger partial charge in [-0.05, 0) is 87.7 Å². The van der Waals surface area contributed by atoms with E-state index >= 15 is 0 Å². The average Bonchev–Trinajstić information content (AvgIpc) is 2.98. The van der Waals surface area contributed by atoms with E-state index in [1.165, 1.54) is 19.2 Å². The van der Waals surface area contributed by atoms with Gasteiger partial charge >= 0.3 is 6.18 Å². The number of aromatic nitrogens is 1. The molecular formula is C32H40F3N3O5. The van der Waals surface area contributed by atoms with Crippen LogP contribution in [0.25, 0.3) is 11.3 Å². The Kier molecular flexibility index (Phi) is 10.1. The molecule has 2 heterocycles. The summed E-state index contributed by atoms with van der Waals surface area (Å²) in [6.45, 7) is 7.25. The second kappa shape index (κ2) is 13.4. The number of hydrogen-bond donors (Lipinski definition) is 1. The highest BCUT2D eigenvalue weighted by Gasteiger charge is 2.32. The minimum Gasteiger partial charge on any atom is -0.493 e. The van der Waals surface area contributed by atoms with Gasteiger partial charge in [0.2, 0.25) is 12.2 Å². The van der Waals surface area contributed by atoms with Crippen molar-refractivity contribution in [2.75, 3.05) is 39.3 Å². The van der Waals surface area contributed by atoms with Gasteiger partial charge in [0.25, 0.3) is 0 Å². The Bertz CT molecular complexity index is 1330. The van der Waals surface area contributed by atoms with E-state index < -0.39 is 23.8 Å². The SMILES string of the molecule is COc1cc(-c2cc(CN(c3ccc(C(F)(F)F)cc3)C3CCN(C(O)OC(C)(C)C)CC3)ccn2)cc(OC)c1OC. The van der Waals surface area contributed by atoms with E-state index in [2.05, 4.69) is 9.88 Å². The van der Waals surface area contributed by atoms with Gasteiger partial charge in [0.1, 0.15) is 0 Å². The van der Waals surface area contributed by atoms with E-state index in [0.717, 1.165) is 23.3 Å². The lowest BCUT2D eigenvalue weighted by Crippen LogP contribution is -2.50. The third-order valence-electron chi connectivity index (χ3n) is 7.38. The van der Waals surface area contributed by atoms with Crippen molar-refractivity contribution in [1.29, 1.82) is 0 Å². The first-order valence-corrected chi connectivity index (χ1v) is 14.1. The lowest BCUT2D eigenvalue weighted by atomic mass is 10.0. The highest BCUT2D eigenvalue weighted by Crippen LogP contribution is 2.41. The molecule has 0 radical (unpaired) electrons. The summed E-state index contributed by atoms with van der Waals surface area (Å²) in [5.74, 6) is 1.47. The van der Waals surface area contributed by atoms with Gasteiger partial charge in [0, 0.05) is 43.1 Å². The molecule has 11 heteroatoms. The molecule has 1 aliphatic heterocycles. The molecule has 1 unspecified atom stereocenters. The zero-order valence-electron chi connectivity index (χ0n) is 25.4. The van der Waals surface area contributed by atoms with Gasteiger partial charge in [-0.25, -0.2) is 0 Å². The van der Waals surface area contributed by atoms with Crippen LogP contribution in [-0.4, -0.2) is 67.5 Å². The molecule has 3 aromatic rings. The third kappa shape index (κ3) is 8.10. The number of benzene rings is 2. The number of alkyl halides is 3. The van der Waals surface area contributed by atoms with E-state index in [4.69, 9.17) is 18.9 Å². The van der Waals surface area contributed by atoms with Gasteiger partial charge < -0.3 is 29.0 Å². The van der Waals surface area contributed by atoms with E-state index in [0.29, 0.717) is 61.1 Å². The summed E-state index contributed by atoms with van der Waals surface area (Å²) in [5.41, 5.74) is 1.86. The van der Waals surface area contributed by atoms with E-state index in [1.54, 1.807) is 20.4 Å². The maximum atomic E-state index is 13.3. The molecule has 1 fully saturated rings. The molecule has 2 aromatic carbocycles. The van der Waals surface area contributed by atoms with Crippen molar-refractivity contribution in [2.24, 2.45) is 0 Å². The minimum absolute atomic E-state index is 0.0209. The Balaban J connectivity index is 1.62. The maximum Gasteiger partial charge on any atom is 0.416 e. The molecule has 0 amide bonds. The zero-order chi connectivity index (χ0) is 31.4. The summed E-state index contributed by atoms with van der Waals surface area (Å²) in [6, 6.07) is 12.8. The lowest BCUT2D eigenvalue weighted by Gasteiger charge is -2.42. The number of methoxy groups -OCH3 is 3. The molecule has 0 saturated carbocycles. The number of halogens is 3. The smallest absolute Gasteiger partial charge is 0.416 e. The number of pyridine rings is 1. The van der Waals surface area contributed by atoms with Crippen molar-refractivity contribution in [1.82, 2.24) is 9.88 Å². The first-order chi connectivity index (χ1) is 20.3. The number of rotatable bonds is 10. The summed E-state index contributed by atoms with van der Waals surface area (Å²) >= 11 is 0. The minimum atomic E-state index is -4.42. The molecule has 0 aliphatic carbocycles. The number of aliphatic hydroxyl groups excluding tert-OH is 1. The number of anilines is 1. The largest absolute Gasteiger partial charge is 0.493 e. The van der Waals surface area contributed by atoms with Crippen LogP contribution in [0.1, 0.15) is 44.7 Å². The van der Waals surface area contributed by atoms with Crippen LogP contribution in [0.15, 0.2) is 54.7 Å². The van der Waals surface area contributed by atoms with E-state index in [-0.39, 0.29) is 6.04 Å². The molecule has 43 heavy (non-hydrogen) atoms. The predicted octanol–water partition coefficient (Wildman–Crippen LogP) is 6.36. The van der Waals surface area contributed by atoms with Crippen LogP contribution in [0.4, 0.5) is 18.9 Å². The molecule has 1 aromatic heterocycles. The monoisotopic (exact) mass is 603 g/mol. The summed E-state index contributed by atoms with van der Waals surface area (Å²) in [7, 11) is 4.64. The average molecular weight is 604 g/mol. The van der Waals surface area contributed by atoms with Crippen LogP contribution in [0, 0.1) is 0 Å². The Morgan fingerprint density at radius 2 is 1.53 bits per heavy atom. The summed E-state index contributed by atoms with van der Waals surface area (Å²) < 4.78 is 62.2. The third-order valence-corrected chi connectivity index (χ3v) is 7.38. The van der Waals surface area contributed by atoms with Crippen molar-refractivity contribution >= 4 is 5.69 Å². The summed E-state index contributed by atoms with van der Waals surface area (Å²) in [4.78, 5) is 8.57. The molecule has 4 rings (SSSR count). The second-order valence-electron chi connectivity index (χ2n) is 11.5. The highest BCUT2D eigenvalue weighted by molar-refractivity contribution is 5.69. The standard InChI is InChI=1S/C32H40F3N3O5/c1-31(2,3)43-30(39)37-15-12-25(13-16-37)38(24-9-7-23(8-10-24)32(33,34)35)20-21-11-14-36-26(17-21)22-18-27(40-4)29(42-6)28(19-22)41-5/h7-11,14,17-19,25,30,39H,12-13,15-16,20H2,1-6H3. The summed E-state index contributed by atoms with van der Waals surface area (Å²) in [6.07, 6.45) is -2.35. The molecule has 234 valence electrons. The Hall–Kier alpha value is -3.54. The van der Waals surface area contributed by atoms with Crippen molar-refractivity contribution in [3.63, 3.8) is 0 Å². The number of hydrogen-bond acceptors (Lipinski definition) is 8. The van der Waals surface area contributed by atoms with E-state index in [9.17, 15) is 18.3 Å². The van der Waals surface area contributed by atoms with Crippen molar-refractivity contribution in [3.05, 3.63) is 65.9 Å². The molecule has 0 spiro atoms. The molecule has 1 atom stereocenters. The van der Waals surface area contributed by atoms with Gasteiger partial charge in [0.05, 0.1) is 38.2 Å². The number of piperidine rings is 1. The Labute approximate surface area is 250 Å². The second-order valence-corrected chi connectivity index (χ2v) is 11.5. The number of nitrogens with zero attached hydrogens (tertiary/aromatic N) is 3. The molecule has 1 aliphatic rings. The van der Waals surface area contributed by atoms with E-state index in [1.807, 2.05) is 49.9 Å². The summed E-state index contributed by atoms with van der Waals surface area (Å²) in [5, 5.41) is 10.6. The topological polar surface area (TPSA) is 76.5 Å². The van der Waals surface area contributed by atoms with Gasteiger partial charge in [0.15, 0.2) is 11.5 Å². The molecule has 8 nitrogen and oxygen atoms in total. The van der Waals surface area contributed by atoms with Gasteiger partial charge in [-0.15, -0.1) is 0 Å². The van der Waals surface area contributed by atoms with Crippen LogP contribution in [0.3, 0.4) is 0 Å². The first kappa shape index (κ1) is 32.4. The van der Waals surface area contributed by atoms with Crippen LogP contribution >= 0.6 is 0 Å². The fourth-order valence-electron chi connectivity index (χ4n) is 5.24. The lowest BCUT2D eigenvalue weighted by molar-refractivity contribution is -0.242. The normalized spacial score (nSPS) is 15.7. The van der Waals surface area contributed by atoms with Gasteiger partial charge in [-0.1, -0.05) is 0 Å².